The molecule has 1 saturated heterocycles. The molecule has 5 atom stereocenters. The molecule has 2 aliphatic carbocycles. The number of benzene rings is 1. The molecular formula is C16H16ClNO4. The summed E-state index contributed by atoms with van der Waals surface area (Å²) < 4.78 is 10.6. The molecule has 0 radical (unpaired) electrons. The highest BCUT2D eigenvalue weighted by Crippen LogP contribution is 2.57. The first-order chi connectivity index (χ1) is 10.6. The number of ether oxygens (including phenoxy) is 2. The lowest BCUT2D eigenvalue weighted by molar-refractivity contribution is -0.145. The summed E-state index contributed by atoms with van der Waals surface area (Å²) in [5.41, 5.74) is 0.533. The van der Waals surface area contributed by atoms with Crippen LogP contribution in [0.2, 0.25) is 5.02 Å². The van der Waals surface area contributed by atoms with Gasteiger partial charge in [-0.2, -0.15) is 0 Å². The SMILES string of the molecule is COc1ccc(Cl)cc1NC(=O)C1C2CC3OC(=O)C1C3C2. The summed E-state index contributed by atoms with van der Waals surface area (Å²) in [4.78, 5) is 24.7. The van der Waals surface area contributed by atoms with Crippen molar-refractivity contribution >= 4 is 29.2 Å². The number of rotatable bonds is 3. The first kappa shape index (κ1) is 13.9. The van der Waals surface area contributed by atoms with Gasteiger partial charge in [0.1, 0.15) is 11.9 Å². The molecule has 5 unspecified atom stereocenters. The Morgan fingerprint density at radius 2 is 2.23 bits per heavy atom. The molecule has 116 valence electrons. The number of fused-ring (bicyclic) bond motifs is 1. The molecule has 5 nitrogen and oxygen atoms in total. The van der Waals surface area contributed by atoms with E-state index in [4.69, 9.17) is 21.1 Å². The maximum Gasteiger partial charge on any atom is 0.310 e. The fraction of sp³-hybridized carbons (Fsp3) is 0.500. The summed E-state index contributed by atoms with van der Waals surface area (Å²) in [6.45, 7) is 0. The molecule has 1 heterocycles. The summed E-state index contributed by atoms with van der Waals surface area (Å²) >= 11 is 5.98. The number of hydrogen-bond donors (Lipinski definition) is 1. The van der Waals surface area contributed by atoms with Gasteiger partial charge in [-0.15, -0.1) is 0 Å². The van der Waals surface area contributed by atoms with E-state index in [9.17, 15) is 9.59 Å². The minimum atomic E-state index is -0.306. The van der Waals surface area contributed by atoms with Crippen LogP contribution in [-0.4, -0.2) is 25.1 Å². The molecule has 1 aromatic carbocycles. The van der Waals surface area contributed by atoms with E-state index in [1.807, 2.05) is 0 Å². The van der Waals surface area contributed by atoms with Gasteiger partial charge in [0.25, 0.3) is 0 Å². The van der Waals surface area contributed by atoms with Crippen LogP contribution in [-0.2, 0) is 14.3 Å². The lowest BCUT2D eigenvalue weighted by atomic mass is 9.79. The highest BCUT2D eigenvalue weighted by atomic mass is 35.5. The van der Waals surface area contributed by atoms with Gasteiger partial charge in [0.2, 0.25) is 5.91 Å². The fourth-order valence-corrected chi connectivity index (χ4v) is 4.53. The second-order valence-corrected chi connectivity index (χ2v) is 6.69. The fourth-order valence-electron chi connectivity index (χ4n) is 4.36. The van der Waals surface area contributed by atoms with Crippen molar-refractivity contribution in [2.75, 3.05) is 12.4 Å². The van der Waals surface area contributed by atoms with Crippen LogP contribution in [0, 0.1) is 23.7 Å². The predicted molar refractivity (Wildman–Crippen MR) is 79.7 cm³/mol. The molecule has 0 spiro atoms. The minimum absolute atomic E-state index is 0.0345. The third-order valence-electron chi connectivity index (χ3n) is 5.21. The number of halogens is 1. The van der Waals surface area contributed by atoms with Crippen LogP contribution in [0.3, 0.4) is 0 Å². The van der Waals surface area contributed by atoms with Crippen molar-refractivity contribution in [2.24, 2.45) is 23.7 Å². The van der Waals surface area contributed by atoms with Crippen molar-refractivity contribution < 1.29 is 19.1 Å². The quantitative estimate of drug-likeness (QED) is 0.869. The van der Waals surface area contributed by atoms with Gasteiger partial charge in [-0.25, -0.2) is 0 Å². The average Bonchev–Trinajstić information content (AvgIpc) is 3.08. The summed E-state index contributed by atoms with van der Waals surface area (Å²) in [6.07, 6.45) is 1.75. The van der Waals surface area contributed by atoms with E-state index in [1.165, 1.54) is 7.11 Å². The highest BCUT2D eigenvalue weighted by molar-refractivity contribution is 6.31. The second kappa shape index (κ2) is 4.88. The van der Waals surface area contributed by atoms with Gasteiger partial charge in [0.15, 0.2) is 0 Å². The van der Waals surface area contributed by atoms with Crippen LogP contribution in [0.1, 0.15) is 12.8 Å². The molecular weight excluding hydrogens is 306 g/mol. The Hall–Kier alpha value is -1.75. The maximum atomic E-state index is 12.7. The molecule has 6 heteroatoms. The van der Waals surface area contributed by atoms with E-state index in [1.54, 1.807) is 18.2 Å². The maximum absolute atomic E-state index is 12.7. The zero-order chi connectivity index (χ0) is 15.4. The zero-order valence-electron chi connectivity index (χ0n) is 12.0. The molecule has 2 bridgehead atoms. The van der Waals surface area contributed by atoms with Gasteiger partial charge in [-0.1, -0.05) is 11.6 Å². The lowest BCUT2D eigenvalue weighted by Gasteiger charge is -2.24. The van der Waals surface area contributed by atoms with Gasteiger partial charge in [-0.3, -0.25) is 9.59 Å². The molecule has 1 aliphatic heterocycles. The molecule has 1 amide bonds. The van der Waals surface area contributed by atoms with E-state index >= 15 is 0 Å². The summed E-state index contributed by atoms with van der Waals surface area (Å²) in [7, 11) is 1.54. The smallest absolute Gasteiger partial charge is 0.310 e. The van der Waals surface area contributed by atoms with Gasteiger partial charge < -0.3 is 14.8 Å². The highest BCUT2D eigenvalue weighted by Gasteiger charge is 2.63. The van der Waals surface area contributed by atoms with Crippen LogP contribution in [0.4, 0.5) is 5.69 Å². The standard InChI is InChI=1S/C16H16ClNO4/c1-21-11-3-2-8(17)6-10(11)18-15(19)13-7-4-9-12(5-7)22-16(20)14(9)13/h2-3,6-7,9,12-14H,4-5H2,1H3,(H,18,19). The number of methoxy groups -OCH3 is 1. The molecule has 3 aliphatic rings. The summed E-state index contributed by atoms with van der Waals surface area (Å²) in [5.74, 6) is 0.0522. The Balaban J connectivity index is 1.59. The van der Waals surface area contributed by atoms with Gasteiger partial charge >= 0.3 is 5.97 Å². The minimum Gasteiger partial charge on any atom is -0.495 e. The van der Waals surface area contributed by atoms with Crippen molar-refractivity contribution in [2.45, 2.75) is 18.9 Å². The van der Waals surface area contributed by atoms with E-state index in [2.05, 4.69) is 5.32 Å². The predicted octanol–water partition coefficient (Wildman–Crippen LogP) is 2.48. The van der Waals surface area contributed by atoms with E-state index in [-0.39, 0.29) is 41.7 Å². The Morgan fingerprint density at radius 3 is 3.00 bits per heavy atom. The molecule has 3 fully saturated rings. The normalized spacial score (nSPS) is 34.6. The van der Waals surface area contributed by atoms with Crippen molar-refractivity contribution in [3.8, 4) is 5.75 Å². The molecule has 22 heavy (non-hydrogen) atoms. The summed E-state index contributed by atoms with van der Waals surface area (Å²) in [6, 6.07) is 5.06. The Bertz CT molecular complexity index is 660. The number of carbonyl (C=O) groups is 2. The Morgan fingerprint density at radius 1 is 1.41 bits per heavy atom. The van der Waals surface area contributed by atoms with Crippen molar-refractivity contribution in [3.05, 3.63) is 23.2 Å². The first-order valence-electron chi connectivity index (χ1n) is 7.43. The number of anilines is 1. The van der Waals surface area contributed by atoms with Gasteiger partial charge in [0, 0.05) is 10.9 Å². The van der Waals surface area contributed by atoms with Crippen molar-refractivity contribution in [3.63, 3.8) is 0 Å². The Kier molecular flexibility index (Phi) is 3.08. The third kappa shape index (κ3) is 1.92. The number of amides is 1. The second-order valence-electron chi connectivity index (χ2n) is 6.26. The van der Waals surface area contributed by atoms with E-state index in [0.29, 0.717) is 16.5 Å². The molecule has 0 aromatic heterocycles. The third-order valence-corrected chi connectivity index (χ3v) is 5.44. The van der Waals surface area contributed by atoms with Crippen LogP contribution in [0.15, 0.2) is 18.2 Å². The van der Waals surface area contributed by atoms with Crippen LogP contribution < -0.4 is 10.1 Å². The molecule has 2 saturated carbocycles. The number of hydrogen-bond acceptors (Lipinski definition) is 4. The number of esters is 1. The molecule has 1 aromatic rings. The Labute approximate surface area is 132 Å². The van der Waals surface area contributed by atoms with Crippen LogP contribution >= 0.6 is 11.6 Å². The zero-order valence-corrected chi connectivity index (χ0v) is 12.8. The van der Waals surface area contributed by atoms with Crippen molar-refractivity contribution in [1.29, 1.82) is 0 Å². The number of carbonyl (C=O) groups excluding carboxylic acids is 2. The molecule has 1 N–H and O–H groups in total. The largest absolute Gasteiger partial charge is 0.495 e. The topological polar surface area (TPSA) is 64.6 Å². The van der Waals surface area contributed by atoms with E-state index < -0.39 is 0 Å². The van der Waals surface area contributed by atoms with E-state index in [0.717, 1.165) is 12.8 Å². The monoisotopic (exact) mass is 321 g/mol. The first-order valence-corrected chi connectivity index (χ1v) is 7.81. The average molecular weight is 322 g/mol. The number of nitrogens with one attached hydrogen (secondary N) is 1. The lowest BCUT2D eigenvalue weighted by Crippen LogP contribution is -2.35. The molecule has 4 rings (SSSR count). The van der Waals surface area contributed by atoms with Crippen molar-refractivity contribution in [1.82, 2.24) is 0 Å². The van der Waals surface area contributed by atoms with Gasteiger partial charge in [-0.05, 0) is 37.0 Å². The van der Waals surface area contributed by atoms with Crippen LogP contribution in [0.5, 0.6) is 5.75 Å². The summed E-state index contributed by atoms with van der Waals surface area (Å²) in [5, 5.41) is 3.39. The van der Waals surface area contributed by atoms with Crippen LogP contribution in [0.25, 0.3) is 0 Å². The van der Waals surface area contributed by atoms with Gasteiger partial charge in [0.05, 0.1) is 24.6 Å².